The number of carbonyl (C=O) groups excluding carboxylic acids is 1. The number of benzene rings is 1. The van der Waals surface area contributed by atoms with E-state index in [1.165, 1.54) is 29.3 Å². The van der Waals surface area contributed by atoms with E-state index in [0.29, 0.717) is 29.0 Å². The molecule has 38 heavy (non-hydrogen) atoms. The Labute approximate surface area is 223 Å². The zero-order valence-electron chi connectivity index (χ0n) is 22.0. The second-order valence-electron chi connectivity index (χ2n) is 10.5. The highest BCUT2D eigenvalue weighted by Gasteiger charge is 2.27. The molecule has 11 nitrogen and oxygen atoms in total. The first-order chi connectivity index (χ1) is 18.7. The summed E-state index contributed by atoms with van der Waals surface area (Å²) in [7, 11) is 1.79. The number of ether oxygens (including phenoxy) is 1. The maximum Gasteiger partial charge on any atom is 0.328 e. The summed E-state index contributed by atoms with van der Waals surface area (Å²) in [6, 6.07) is 9.05. The molecule has 1 unspecified atom stereocenters. The summed E-state index contributed by atoms with van der Waals surface area (Å²) in [6.07, 6.45) is 7.19. The van der Waals surface area contributed by atoms with Crippen LogP contribution in [0.15, 0.2) is 30.6 Å². The van der Waals surface area contributed by atoms with Crippen LogP contribution in [-0.4, -0.2) is 93.9 Å². The van der Waals surface area contributed by atoms with E-state index in [4.69, 9.17) is 4.74 Å². The van der Waals surface area contributed by atoms with Gasteiger partial charge in [0.25, 0.3) is 0 Å². The lowest BCUT2D eigenvalue weighted by Crippen LogP contribution is -2.51. The third-order valence-electron chi connectivity index (χ3n) is 7.92. The Kier molecular flexibility index (Phi) is 7.39. The van der Waals surface area contributed by atoms with Crippen LogP contribution in [-0.2, 0) is 11.3 Å². The molecular weight excluding hydrogens is 482 g/mol. The smallest absolute Gasteiger partial charge is 0.328 e. The molecule has 4 heterocycles. The topological polar surface area (TPSA) is 112 Å². The first kappa shape index (κ1) is 25.0. The average molecular weight is 520 g/mol. The van der Waals surface area contributed by atoms with Crippen molar-refractivity contribution in [3.8, 4) is 0 Å². The van der Waals surface area contributed by atoms with E-state index in [1.54, 1.807) is 7.05 Å². The normalized spacial score (nSPS) is 21.2. The van der Waals surface area contributed by atoms with Crippen LogP contribution in [0.2, 0.25) is 0 Å². The molecule has 1 aliphatic carbocycles. The van der Waals surface area contributed by atoms with Crippen molar-refractivity contribution >= 4 is 34.6 Å². The van der Waals surface area contributed by atoms with Crippen molar-refractivity contribution in [1.82, 2.24) is 34.6 Å². The van der Waals surface area contributed by atoms with E-state index in [0.717, 1.165) is 70.9 Å². The van der Waals surface area contributed by atoms with Gasteiger partial charge in [-0.15, -0.1) is 0 Å². The van der Waals surface area contributed by atoms with Crippen LogP contribution in [0.25, 0.3) is 11.2 Å². The molecule has 3 aliphatic rings. The first-order valence-corrected chi connectivity index (χ1v) is 13.8. The van der Waals surface area contributed by atoms with Gasteiger partial charge in [0.15, 0.2) is 17.0 Å². The van der Waals surface area contributed by atoms with Gasteiger partial charge in [0.1, 0.15) is 6.33 Å². The Morgan fingerprint density at radius 2 is 1.97 bits per heavy atom. The number of nitrogens with one attached hydrogen (secondary N) is 3. The summed E-state index contributed by atoms with van der Waals surface area (Å²) in [5.41, 5.74) is 3.20. The van der Waals surface area contributed by atoms with Gasteiger partial charge in [-0.3, -0.25) is 9.80 Å². The maximum atomic E-state index is 12.8. The quantitative estimate of drug-likeness (QED) is 0.434. The fraction of sp³-hybridized carbons (Fsp3) is 0.556. The number of fused-ring (bicyclic) bond motifs is 1. The Hall–Kier alpha value is -3.28. The first-order valence-electron chi connectivity index (χ1n) is 13.8. The van der Waals surface area contributed by atoms with Gasteiger partial charge in [-0.2, -0.15) is 9.97 Å². The molecule has 2 aliphatic heterocycles. The standard InChI is InChI=1S/C27H37N9O2/c1-28-24-23-25(36(18-29-23)27(37)31-20-6-3-7-20)33-26(32-24)30-21-8-2-5-19(15-21)16-34-10-4-9-22(17-34)35-11-13-38-14-12-35/h2,5,8,15,18,20,22H,3-4,6-7,9-14,16-17H2,1H3,(H,31,37)(H2,28,30,32,33). The zero-order valence-corrected chi connectivity index (χ0v) is 22.0. The number of anilines is 3. The SMILES string of the molecule is CNc1nc(Nc2cccc(CN3CCCC(N4CCOCC4)C3)c2)nc2c1ncn2C(=O)NC1CCC1. The van der Waals surface area contributed by atoms with E-state index in [-0.39, 0.29) is 12.1 Å². The average Bonchev–Trinajstić information content (AvgIpc) is 3.35. The van der Waals surface area contributed by atoms with Crippen LogP contribution in [0.1, 0.15) is 37.7 Å². The van der Waals surface area contributed by atoms with Crippen LogP contribution in [0, 0.1) is 0 Å². The van der Waals surface area contributed by atoms with Crippen LogP contribution in [0.4, 0.5) is 22.2 Å². The van der Waals surface area contributed by atoms with Crippen molar-refractivity contribution in [2.24, 2.45) is 0 Å². The number of hydrogen-bond donors (Lipinski definition) is 3. The molecule has 3 aromatic rings. The highest BCUT2D eigenvalue weighted by atomic mass is 16.5. The molecule has 2 saturated heterocycles. The molecule has 0 spiro atoms. The van der Waals surface area contributed by atoms with Gasteiger partial charge in [0, 0.05) is 51.0 Å². The fourth-order valence-corrected chi connectivity index (χ4v) is 5.63. The van der Waals surface area contributed by atoms with Gasteiger partial charge in [-0.1, -0.05) is 12.1 Å². The van der Waals surface area contributed by atoms with Gasteiger partial charge < -0.3 is 20.7 Å². The molecule has 2 aromatic heterocycles. The van der Waals surface area contributed by atoms with Gasteiger partial charge in [0.2, 0.25) is 5.95 Å². The van der Waals surface area contributed by atoms with E-state index >= 15 is 0 Å². The Bertz CT molecular complexity index is 1270. The highest BCUT2D eigenvalue weighted by molar-refractivity contribution is 5.92. The molecule has 0 radical (unpaired) electrons. The lowest BCUT2D eigenvalue weighted by molar-refractivity contribution is -0.00357. The fourth-order valence-electron chi connectivity index (χ4n) is 5.63. The van der Waals surface area contributed by atoms with Crippen LogP contribution in [0.5, 0.6) is 0 Å². The molecule has 1 amide bonds. The second kappa shape index (κ2) is 11.2. The van der Waals surface area contributed by atoms with Crippen molar-refractivity contribution in [2.75, 3.05) is 57.1 Å². The summed E-state index contributed by atoms with van der Waals surface area (Å²) >= 11 is 0. The molecule has 11 heteroatoms. The molecule has 0 bridgehead atoms. The highest BCUT2D eigenvalue weighted by Crippen LogP contribution is 2.25. The van der Waals surface area contributed by atoms with E-state index in [2.05, 4.69) is 58.9 Å². The summed E-state index contributed by atoms with van der Waals surface area (Å²) in [5, 5.41) is 9.50. The molecule has 3 N–H and O–H groups in total. The third kappa shape index (κ3) is 5.45. The number of aromatic nitrogens is 4. The van der Waals surface area contributed by atoms with Crippen molar-refractivity contribution in [3.05, 3.63) is 36.2 Å². The summed E-state index contributed by atoms with van der Waals surface area (Å²) < 4.78 is 7.02. The molecule has 1 aromatic carbocycles. The van der Waals surface area contributed by atoms with Crippen LogP contribution in [0.3, 0.4) is 0 Å². The lowest BCUT2D eigenvalue weighted by Gasteiger charge is -2.41. The Morgan fingerprint density at radius 1 is 1.11 bits per heavy atom. The van der Waals surface area contributed by atoms with Crippen LogP contribution >= 0.6 is 0 Å². The number of nitrogens with zero attached hydrogens (tertiary/aromatic N) is 6. The van der Waals surface area contributed by atoms with Crippen molar-refractivity contribution in [1.29, 1.82) is 0 Å². The van der Waals surface area contributed by atoms with Crippen molar-refractivity contribution in [3.63, 3.8) is 0 Å². The van der Waals surface area contributed by atoms with Crippen LogP contribution < -0.4 is 16.0 Å². The summed E-state index contributed by atoms with van der Waals surface area (Å²) in [5.74, 6) is 0.994. The number of morpholine rings is 1. The number of piperidine rings is 1. The minimum Gasteiger partial charge on any atom is -0.379 e. The van der Waals surface area contributed by atoms with Crippen molar-refractivity contribution < 1.29 is 9.53 Å². The van der Waals surface area contributed by atoms with Gasteiger partial charge >= 0.3 is 6.03 Å². The van der Waals surface area contributed by atoms with E-state index in [9.17, 15) is 4.79 Å². The van der Waals surface area contributed by atoms with Gasteiger partial charge in [-0.25, -0.2) is 14.3 Å². The predicted octanol–water partition coefficient (Wildman–Crippen LogP) is 3.02. The third-order valence-corrected chi connectivity index (χ3v) is 7.92. The number of amides is 1. The molecule has 6 rings (SSSR count). The Morgan fingerprint density at radius 3 is 2.76 bits per heavy atom. The predicted molar refractivity (Wildman–Crippen MR) is 147 cm³/mol. The lowest BCUT2D eigenvalue weighted by atomic mass is 9.93. The second-order valence-corrected chi connectivity index (χ2v) is 10.5. The van der Waals surface area contributed by atoms with Crippen molar-refractivity contribution in [2.45, 2.75) is 50.7 Å². The number of likely N-dealkylation sites (tertiary alicyclic amines) is 1. The van der Waals surface area contributed by atoms with E-state index in [1.807, 2.05) is 6.07 Å². The molecule has 3 fully saturated rings. The Balaban J connectivity index is 1.16. The number of carbonyl (C=O) groups is 1. The van der Waals surface area contributed by atoms with Gasteiger partial charge in [0.05, 0.1) is 13.2 Å². The zero-order chi connectivity index (χ0) is 25.9. The van der Waals surface area contributed by atoms with Gasteiger partial charge in [-0.05, 0) is 56.3 Å². The monoisotopic (exact) mass is 519 g/mol. The number of rotatable bonds is 7. The number of hydrogen-bond acceptors (Lipinski definition) is 9. The maximum absolute atomic E-state index is 12.8. The molecule has 1 atom stereocenters. The largest absolute Gasteiger partial charge is 0.379 e. The van der Waals surface area contributed by atoms with E-state index < -0.39 is 0 Å². The number of imidazole rings is 1. The molecule has 202 valence electrons. The molecular formula is C27H37N9O2. The molecule has 1 saturated carbocycles. The summed E-state index contributed by atoms with van der Waals surface area (Å²) in [6.45, 7) is 6.90. The minimum atomic E-state index is -0.206. The minimum absolute atomic E-state index is 0.206. The summed E-state index contributed by atoms with van der Waals surface area (Å²) in [4.78, 5) is 31.7.